The minimum atomic E-state index is -0.671. The minimum absolute atomic E-state index is 0.351. The number of rotatable bonds is 6. The molecule has 0 amide bonds. The molecule has 1 fully saturated rings. The topological polar surface area (TPSA) is 40.5 Å². The van der Waals surface area contributed by atoms with Crippen LogP contribution in [0.1, 0.15) is 40.0 Å². The Balaban J connectivity index is 2.67. The predicted molar refractivity (Wildman–Crippen MR) is 60.8 cm³/mol. The fourth-order valence-corrected chi connectivity index (χ4v) is 2.08. The summed E-state index contributed by atoms with van der Waals surface area (Å²) in [5.74, 6) is 0.243. The number of hydrogen-bond donors (Lipinski definition) is 1. The van der Waals surface area contributed by atoms with Crippen molar-refractivity contribution in [2.45, 2.75) is 45.6 Å². The maximum atomic E-state index is 11.4. The van der Waals surface area contributed by atoms with Crippen molar-refractivity contribution in [3.8, 4) is 0 Å². The SMILES string of the molecule is CCC(C)CN(C)C(C)(C(=O)O)C1CC1. The number of carboxylic acid groups (broad SMARTS) is 1. The van der Waals surface area contributed by atoms with E-state index in [1.54, 1.807) is 0 Å². The van der Waals surface area contributed by atoms with E-state index in [1.165, 1.54) is 0 Å². The molecule has 1 saturated carbocycles. The Morgan fingerprint density at radius 3 is 2.47 bits per heavy atom. The van der Waals surface area contributed by atoms with Crippen molar-refractivity contribution in [3.05, 3.63) is 0 Å². The lowest BCUT2D eigenvalue weighted by molar-refractivity contribution is -0.151. The van der Waals surface area contributed by atoms with Crippen LogP contribution in [0.25, 0.3) is 0 Å². The summed E-state index contributed by atoms with van der Waals surface area (Å²) in [6.07, 6.45) is 3.23. The molecule has 0 aromatic heterocycles. The molecule has 0 aromatic carbocycles. The van der Waals surface area contributed by atoms with E-state index < -0.39 is 11.5 Å². The molecule has 3 nitrogen and oxygen atoms in total. The minimum Gasteiger partial charge on any atom is -0.480 e. The molecule has 15 heavy (non-hydrogen) atoms. The van der Waals surface area contributed by atoms with Gasteiger partial charge in [0.25, 0.3) is 0 Å². The number of hydrogen-bond acceptors (Lipinski definition) is 2. The highest BCUT2D eigenvalue weighted by molar-refractivity contribution is 5.79. The lowest BCUT2D eigenvalue weighted by Crippen LogP contribution is -2.53. The van der Waals surface area contributed by atoms with Gasteiger partial charge in [0.2, 0.25) is 0 Å². The summed E-state index contributed by atoms with van der Waals surface area (Å²) in [6.45, 7) is 7.06. The van der Waals surface area contributed by atoms with Gasteiger partial charge in [-0.3, -0.25) is 9.69 Å². The number of carbonyl (C=O) groups is 1. The highest BCUT2D eigenvalue weighted by Crippen LogP contribution is 2.43. The molecule has 1 aliphatic carbocycles. The van der Waals surface area contributed by atoms with E-state index in [9.17, 15) is 9.90 Å². The third-order valence-corrected chi connectivity index (χ3v) is 3.88. The van der Waals surface area contributed by atoms with Gasteiger partial charge in [0.05, 0.1) is 0 Å². The molecule has 88 valence electrons. The van der Waals surface area contributed by atoms with E-state index in [1.807, 2.05) is 18.9 Å². The fourth-order valence-electron chi connectivity index (χ4n) is 2.08. The van der Waals surface area contributed by atoms with Crippen molar-refractivity contribution in [2.24, 2.45) is 11.8 Å². The van der Waals surface area contributed by atoms with Gasteiger partial charge >= 0.3 is 5.97 Å². The molecular weight excluding hydrogens is 190 g/mol. The van der Waals surface area contributed by atoms with Crippen molar-refractivity contribution in [1.29, 1.82) is 0 Å². The predicted octanol–water partition coefficient (Wildman–Crippen LogP) is 2.22. The molecule has 1 N–H and O–H groups in total. The normalized spacial score (nSPS) is 22.5. The van der Waals surface area contributed by atoms with Gasteiger partial charge in [0, 0.05) is 6.54 Å². The lowest BCUT2D eigenvalue weighted by atomic mass is 9.92. The van der Waals surface area contributed by atoms with Crippen LogP contribution in [0.5, 0.6) is 0 Å². The third-order valence-electron chi connectivity index (χ3n) is 3.88. The van der Waals surface area contributed by atoms with Gasteiger partial charge in [-0.15, -0.1) is 0 Å². The van der Waals surface area contributed by atoms with Crippen molar-refractivity contribution < 1.29 is 9.90 Å². The monoisotopic (exact) mass is 213 g/mol. The van der Waals surface area contributed by atoms with Crippen molar-refractivity contribution in [2.75, 3.05) is 13.6 Å². The van der Waals surface area contributed by atoms with E-state index in [2.05, 4.69) is 13.8 Å². The van der Waals surface area contributed by atoms with Gasteiger partial charge in [0.15, 0.2) is 0 Å². The van der Waals surface area contributed by atoms with Gasteiger partial charge in [-0.2, -0.15) is 0 Å². The Bertz CT molecular complexity index is 238. The van der Waals surface area contributed by atoms with E-state index in [0.717, 1.165) is 25.8 Å². The molecule has 2 atom stereocenters. The Hall–Kier alpha value is -0.570. The third kappa shape index (κ3) is 2.51. The largest absolute Gasteiger partial charge is 0.480 e. The van der Waals surface area contributed by atoms with Crippen LogP contribution in [-0.2, 0) is 4.79 Å². The first-order valence-corrected chi connectivity index (χ1v) is 5.87. The number of nitrogens with zero attached hydrogens (tertiary/aromatic N) is 1. The molecule has 2 unspecified atom stereocenters. The summed E-state index contributed by atoms with van der Waals surface area (Å²) in [5, 5.41) is 9.36. The van der Waals surface area contributed by atoms with Crippen LogP contribution in [0.2, 0.25) is 0 Å². The average Bonchev–Trinajstić information content (AvgIpc) is 2.99. The zero-order chi connectivity index (χ0) is 11.6. The summed E-state index contributed by atoms with van der Waals surface area (Å²) in [4.78, 5) is 13.4. The van der Waals surface area contributed by atoms with Crippen LogP contribution in [0, 0.1) is 11.8 Å². The molecule has 0 aromatic rings. The van der Waals surface area contributed by atoms with Crippen LogP contribution in [0.3, 0.4) is 0 Å². The van der Waals surface area contributed by atoms with Crippen molar-refractivity contribution in [3.63, 3.8) is 0 Å². The summed E-state index contributed by atoms with van der Waals surface area (Å²) in [7, 11) is 1.94. The summed E-state index contributed by atoms with van der Waals surface area (Å²) >= 11 is 0. The first kappa shape index (κ1) is 12.5. The molecule has 0 bridgehead atoms. The van der Waals surface area contributed by atoms with Crippen molar-refractivity contribution in [1.82, 2.24) is 4.90 Å². The second-order valence-electron chi connectivity index (χ2n) is 5.12. The maximum Gasteiger partial charge on any atom is 0.324 e. The molecule has 1 rings (SSSR count). The van der Waals surface area contributed by atoms with Gasteiger partial charge in [0.1, 0.15) is 5.54 Å². The van der Waals surface area contributed by atoms with Gasteiger partial charge in [-0.1, -0.05) is 20.3 Å². The molecular formula is C12H23NO2. The van der Waals surface area contributed by atoms with E-state index in [4.69, 9.17) is 0 Å². The molecule has 0 spiro atoms. The first-order chi connectivity index (χ1) is 6.92. The standard InChI is InChI=1S/C12H23NO2/c1-5-9(2)8-13(4)12(3,11(14)15)10-6-7-10/h9-10H,5-8H2,1-4H3,(H,14,15). The van der Waals surface area contributed by atoms with Crippen LogP contribution < -0.4 is 0 Å². The Morgan fingerprint density at radius 2 is 2.13 bits per heavy atom. The summed E-state index contributed by atoms with van der Waals surface area (Å²) < 4.78 is 0. The van der Waals surface area contributed by atoms with E-state index >= 15 is 0 Å². The van der Waals surface area contributed by atoms with Crippen LogP contribution in [-0.4, -0.2) is 35.1 Å². The van der Waals surface area contributed by atoms with E-state index in [-0.39, 0.29) is 0 Å². The lowest BCUT2D eigenvalue weighted by Gasteiger charge is -2.36. The Labute approximate surface area is 92.5 Å². The second-order valence-corrected chi connectivity index (χ2v) is 5.12. The average molecular weight is 213 g/mol. The van der Waals surface area contributed by atoms with Crippen LogP contribution >= 0.6 is 0 Å². The van der Waals surface area contributed by atoms with Crippen LogP contribution in [0.4, 0.5) is 0 Å². The summed E-state index contributed by atoms with van der Waals surface area (Å²) in [5.41, 5.74) is -0.649. The Morgan fingerprint density at radius 1 is 1.60 bits per heavy atom. The van der Waals surface area contributed by atoms with E-state index in [0.29, 0.717) is 11.8 Å². The molecule has 0 saturated heterocycles. The highest BCUT2D eigenvalue weighted by atomic mass is 16.4. The quantitative estimate of drug-likeness (QED) is 0.735. The van der Waals surface area contributed by atoms with Crippen LogP contribution in [0.15, 0.2) is 0 Å². The molecule has 1 aliphatic rings. The smallest absolute Gasteiger partial charge is 0.324 e. The number of carboxylic acids is 1. The maximum absolute atomic E-state index is 11.4. The van der Waals surface area contributed by atoms with Gasteiger partial charge in [-0.05, 0) is 38.6 Å². The zero-order valence-corrected chi connectivity index (χ0v) is 10.3. The molecule has 0 heterocycles. The van der Waals surface area contributed by atoms with Gasteiger partial charge < -0.3 is 5.11 Å². The highest BCUT2D eigenvalue weighted by Gasteiger charge is 2.50. The number of aliphatic carboxylic acids is 1. The number of likely N-dealkylation sites (N-methyl/N-ethyl adjacent to an activating group) is 1. The second kappa shape index (κ2) is 4.52. The molecule has 0 aliphatic heterocycles. The van der Waals surface area contributed by atoms with Crippen molar-refractivity contribution >= 4 is 5.97 Å². The zero-order valence-electron chi connectivity index (χ0n) is 10.3. The van der Waals surface area contributed by atoms with Gasteiger partial charge in [-0.25, -0.2) is 0 Å². The fraction of sp³-hybridized carbons (Fsp3) is 0.917. The summed E-state index contributed by atoms with van der Waals surface area (Å²) in [6, 6.07) is 0. The molecule has 3 heteroatoms. The first-order valence-electron chi connectivity index (χ1n) is 5.87. The Kier molecular flexibility index (Phi) is 3.77. The molecule has 0 radical (unpaired) electrons.